The summed E-state index contributed by atoms with van der Waals surface area (Å²) >= 11 is 0. The minimum absolute atomic E-state index is 0.337. The van der Waals surface area contributed by atoms with Crippen LogP contribution >= 0.6 is 0 Å². The number of hydrogen-bond donors (Lipinski definition) is 3. The van der Waals surface area contributed by atoms with Crippen molar-refractivity contribution >= 4 is 0 Å². The van der Waals surface area contributed by atoms with Gasteiger partial charge in [0.25, 0.3) is 0 Å². The Morgan fingerprint density at radius 1 is 1.12 bits per heavy atom. The molecule has 4 heteroatoms. The Morgan fingerprint density at radius 3 is 2.50 bits per heavy atom. The van der Waals surface area contributed by atoms with E-state index >= 15 is 0 Å². The molecule has 0 radical (unpaired) electrons. The highest BCUT2D eigenvalue weighted by atomic mass is 16.3. The SMILES string of the molecule is O[C@H]1[C@H]2[C@H](O)CCCN2C2(C=CC=C2)[C@H]1O. The number of nitrogens with zero attached hydrogens (tertiary/aromatic N) is 1. The molecule has 0 amide bonds. The zero-order valence-corrected chi connectivity index (χ0v) is 9.03. The molecule has 4 atom stereocenters. The first kappa shape index (κ1) is 10.5. The van der Waals surface area contributed by atoms with Crippen molar-refractivity contribution in [2.24, 2.45) is 0 Å². The predicted molar refractivity (Wildman–Crippen MR) is 58.8 cm³/mol. The monoisotopic (exact) mass is 223 g/mol. The van der Waals surface area contributed by atoms with Gasteiger partial charge < -0.3 is 15.3 Å². The Kier molecular flexibility index (Phi) is 2.23. The fourth-order valence-corrected chi connectivity index (χ4v) is 3.36. The van der Waals surface area contributed by atoms with E-state index in [0.29, 0.717) is 6.42 Å². The van der Waals surface area contributed by atoms with Crippen molar-refractivity contribution in [3.63, 3.8) is 0 Å². The van der Waals surface area contributed by atoms with E-state index in [0.717, 1.165) is 13.0 Å². The molecular formula is C12H17NO3. The summed E-state index contributed by atoms with van der Waals surface area (Å²) in [4.78, 5) is 2.04. The molecule has 0 aromatic heterocycles. The van der Waals surface area contributed by atoms with Crippen LogP contribution in [0.1, 0.15) is 12.8 Å². The molecule has 2 aliphatic heterocycles. The van der Waals surface area contributed by atoms with Gasteiger partial charge in [0.1, 0.15) is 12.2 Å². The minimum Gasteiger partial charge on any atom is -0.391 e. The number of aliphatic hydroxyl groups excluding tert-OH is 3. The summed E-state index contributed by atoms with van der Waals surface area (Å²) in [6, 6.07) is -0.337. The van der Waals surface area contributed by atoms with E-state index in [1.165, 1.54) is 0 Å². The average molecular weight is 223 g/mol. The van der Waals surface area contributed by atoms with Gasteiger partial charge in [0.2, 0.25) is 0 Å². The normalized spacial score (nSPS) is 45.4. The van der Waals surface area contributed by atoms with Gasteiger partial charge in [-0.25, -0.2) is 0 Å². The second-order valence-corrected chi connectivity index (χ2v) is 4.93. The summed E-state index contributed by atoms with van der Waals surface area (Å²) in [5.41, 5.74) is -0.592. The van der Waals surface area contributed by atoms with Crippen LogP contribution in [0.2, 0.25) is 0 Å². The standard InChI is InChI=1S/C12H17NO3/c14-8-4-3-7-13-9(8)10(15)11(16)12(13)5-1-2-6-12/h1-2,5-6,8-11,14-16H,3-4,7H2/t8-,9-,10+,11+/m1/s1. The number of piperidine rings is 1. The molecule has 4 nitrogen and oxygen atoms in total. The van der Waals surface area contributed by atoms with Gasteiger partial charge in [-0.15, -0.1) is 0 Å². The summed E-state index contributed by atoms with van der Waals surface area (Å²) in [5, 5.41) is 30.2. The molecule has 0 aromatic rings. The van der Waals surface area contributed by atoms with Crippen LogP contribution in [-0.2, 0) is 0 Å². The zero-order chi connectivity index (χ0) is 11.3. The van der Waals surface area contributed by atoms with Gasteiger partial charge in [0, 0.05) is 0 Å². The van der Waals surface area contributed by atoms with Crippen molar-refractivity contribution in [1.29, 1.82) is 0 Å². The molecule has 88 valence electrons. The quantitative estimate of drug-likeness (QED) is 0.514. The molecule has 0 aromatic carbocycles. The Balaban J connectivity index is 2.02. The van der Waals surface area contributed by atoms with E-state index in [9.17, 15) is 15.3 Å². The van der Waals surface area contributed by atoms with Crippen LogP contribution in [0.15, 0.2) is 24.3 Å². The largest absolute Gasteiger partial charge is 0.391 e. The molecule has 3 N–H and O–H groups in total. The highest BCUT2D eigenvalue weighted by molar-refractivity contribution is 5.37. The van der Waals surface area contributed by atoms with Gasteiger partial charge in [-0.1, -0.05) is 24.3 Å². The molecule has 2 heterocycles. The maximum Gasteiger partial charge on any atom is 0.107 e. The highest BCUT2D eigenvalue weighted by Crippen LogP contribution is 2.42. The molecular weight excluding hydrogens is 206 g/mol. The van der Waals surface area contributed by atoms with Crippen LogP contribution in [-0.4, -0.2) is 56.7 Å². The lowest BCUT2D eigenvalue weighted by molar-refractivity contribution is -0.0298. The lowest BCUT2D eigenvalue weighted by Crippen LogP contribution is -2.54. The maximum atomic E-state index is 10.2. The van der Waals surface area contributed by atoms with Crippen molar-refractivity contribution < 1.29 is 15.3 Å². The first-order valence-electron chi connectivity index (χ1n) is 5.85. The molecule has 16 heavy (non-hydrogen) atoms. The van der Waals surface area contributed by atoms with Crippen molar-refractivity contribution in [1.82, 2.24) is 4.90 Å². The number of hydrogen-bond acceptors (Lipinski definition) is 4. The zero-order valence-electron chi connectivity index (χ0n) is 9.03. The van der Waals surface area contributed by atoms with E-state index in [2.05, 4.69) is 0 Å². The third-order valence-electron chi connectivity index (χ3n) is 4.14. The predicted octanol–water partition coefficient (Wildman–Crippen LogP) is -0.588. The minimum atomic E-state index is -0.873. The van der Waals surface area contributed by atoms with Crippen LogP contribution in [0, 0.1) is 0 Å². The Morgan fingerprint density at radius 2 is 1.81 bits per heavy atom. The van der Waals surface area contributed by atoms with E-state index in [-0.39, 0.29) is 6.04 Å². The van der Waals surface area contributed by atoms with Crippen LogP contribution in [0.4, 0.5) is 0 Å². The summed E-state index contributed by atoms with van der Waals surface area (Å²) < 4.78 is 0. The molecule has 1 aliphatic carbocycles. The summed E-state index contributed by atoms with van der Waals surface area (Å²) in [7, 11) is 0. The van der Waals surface area contributed by atoms with Gasteiger partial charge in [0.05, 0.1) is 17.7 Å². The molecule has 1 spiro atoms. The average Bonchev–Trinajstić information content (AvgIpc) is 2.83. The first-order chi connectivity index (χ1) is 7.67. The summed E-state index contributed by atoms with van der Waals surface area (Å²) in [6.45, 7) is 0.810. The fraction of sp³-hybridized carbons (Fsp3) is 0.667. The smallest absolute Gasteiger partial charge is 0.107 e. The molecule has 3 aliphatic rings. The second-order valence-electron chi connectivity index (χ2n) is 4.93. The molecule has 0 bridgehead atoms. The number of fused-ring (bicyclic) bond motifs is 2. The van der Waals surface area contributed by atoms with Crippen LogP contribution in [0.25, 0.3) is 0 Å². The molecule has 0 saturated carbocycles. The van der Waals surface area contributed by atoms with Gasteiger partial charge >= 0.3 is 0 Å². The van der Waals surface area contributed by atoms with E-state index in [4.69, 9.17) is 0 Å². The molecule has 2 saturated heterocycles. The van der Waals surface area contributed by atoms with Gasteiger partial charge in [0.15, 0.2) is 0 Å². The number of rotatable bonds is 0. The topological polar surface area (TPSA) is 63.9 Å². The lowest BCUT2D eigenvalue weighted by Gasteiger charge is -2.41. The number of allylic oxidation sites excluding steroid dienone is 2. The summed E-state index contributed by atoms with van der Waals surface area (Å²) in [5.74, 6) is 0. The van der Waals surface area contributed by atoms with Gasteiger partial charge in [-0.05, 0) is 19.4 Å². The van der Waals surface area contributed by atoms with Crippen molar-refractivity contribution in [2.75, 3.05) is 6.54 Å². The highest BCUT2D eigenvalue weighted by Gasteiger charge is 2.58. The Hall–Kier alpha value is -0.680. The first-order valence-corrected chi connectivity index (χ1v) is 5.85. The van der Waals surface area contributed by atoms with Crippen LogP contribution < -0.4 is 0 Å². The second kappa shape index (κ2) is 3.40. The lowest BCUT2D eigenvalue weighted by atomic mass is 9.94. The molecule has 0 unspecified atom stereocenters. The Bertz CT molecular complexity index is 340. The Labute approximate surface area is 94.5 Å². The maximum absolute atomic E-state index is 10.2. The van der Waals surface area contributed by atoms with Gasteiger partial charge in [-0.3, -0.25) is 4.90 Å². The summed E-state index contributed by atoms with van der Waals surface area (Å²) in [6.07, 6.45) is 6.95. The van der Waals surface area contributed by atoms with E-state index in [1.54, 1.807) is 0 Å². The van der Waals surface area contributed by atoms with Gasteiger partial charge in [-0.2, -0.15) is 0 Å². The molecule has 3 rings (SSSR count). The fourth-order valence-electron chi connectivity index (χ4n) is 3.36. The third kappa shape index (κ3) is 1.13. The van der Waals surface area contributed by atoms with Crippen molar-refractivity contribution in [3.05, 3.63) is 24.3 Å². The van der Waals surface area contributed by atoms with Crippen molar-refractivity contribution in [3.8, 4) is 0 Å². The van der Waals surface area contributed by atoms with E-state index in [1.807, 2.05) is 29.2 Å². The number of aliphatic hydroxyl groups is 3. The third-order valence-corrected chi connectivity index (χ3v) is 4.14. The van der Waals surface area contributed by atoms with Crippen LogP contribution in [0.5, 0.6) is 0 Å². The molecule has 2 fully saturated rings. The van der Waals surface area contributed by atoms with Crippen LogP contribution in [0.3, 0.4) is 0 Å². The van der Waals surface area contributed by atoms with Crippen molar-refractivity contribution in [2.45, 2.75) is 42.7 Å². The van der Waals surface area contributed by atoms with E-state index < -0.39 is 23.9 Å².